The van der Waals surface area contributed by atoms with Crippen LogP contribution in [0.3, 0.4) is 0 Å². The summed E-state index contributed by atoms with van der Waals surface area (Å²) in [5.74, 6) is -0.550. The molecule has 0 radical (unpaired) electrons. The van der Waals surface area contributed by atoms with Gasteiger partial charge in [-0.15, -0.1) is 0 Å². The number of carbonyl (C=O) groups excluding carboxylic acids is 3. The Balaban J connectivity index is 2.10. The predicted octanol–water partition coefficient (Wildman–Crippen LogP) is 4.81. The SMILES string of the molecule is CC(C)(C)OC(=O)NCC1(C)CCC(=O)n2c1c(C(=O)OC(C)(C)C)c1ccccc12. The number of fused-ring (bicyclic) bond motifs is 3. The lowest BCUT2D eigenvalue weighted by Crippen LogP contribution is -2.46. The average molecular weight is 429 g/mol. The lowest BCUT2D eigenvalue weighted by Gasteiger charge is -2.36. The number of nitrogens with zero attached hydrogens (tertiary/aromatic N) is 1. The Labute approximate surface area is 183 Å². The number of carbonyl (C=O) groups is 3. The van der Waals surface area contributed by atoms with Gasteiger partial charge in [-0.3, -0.25) is 9.36 Å². The number of esters is 1. The molecule has 1 atom stereocenters. The first kappa shape index (κ1) is 22.8. The molecule has 1 amide bonds. The fourth-order valence-corrected chi connectivity index (χ4v) is 3.97. The Morgan fingerprint density at radius 1 is 1.06 bits per heavy atom. The maximum atomic E-state index is 13.3. The van der Waals surface area contributed by atoms with E-state index in [0.717, 1.165) is 0 Å². The molecule has 0 saturated heterocycles. The minimum absolute atomic E-state index is 0.0734. The van der Waals surface area contributed by atoms with Crippen molar-refractivity contribution in [2.75, 3.05) is 6.54 Å². The van der Waals surface area contributed by atoms with Gasteiger partial charge in [0.25, 0.3) is 0 Å². The fourth-order valence-electron chi connectivity index (χ4n) is 3.97. The number of para-hydroxylation sites is 1. The smallest absolute Gasteiger partial charge is 0.407 e. The van der Waals surface area contributed by atoms with Crippen LogP contribution >= 0.6 is 0 Å². The number of ether oxygens (including phenoxy) is 2. The van der Waals surface area contributed by atoms with Gasteiger partial charge in [0, 0.05) is 29.5 Å². The van der Waals surface area contributed by atoms with E-state index < -0.39 is 28.7 Å². The van der Waals surface area contributed by atoms with E-state index in [9.17, 15) is 14.4 Å². The zero-order valence-corrected chi connectivity index (χ0v) is 19.4. The van der Waals surface area contributed by atoms with Crippen LogP contribution in [0.2, 0.25) is 0 Å². The highest BCUT2D eigenvalue weighted by Crippen LogP contribution is 2.41. The fraction of sp³-hybridized carbons (Fsp3) is 0.542. The van der Waals surface area contributed by atoms with E-state index in [1.165, 1.54) is 0 Å². The highest BCUT2D eigenvalue weighted by molar-refractivity contribution is 6.10. The van der Waals surface area contributed by atoms with Crippen LogP contribution in [-0.4, -0.2) is 40.3 Å². The summed E-state index contributed by atoms with van der Waals surface area (Å²) in [6.45, 7) is 13.0. The summed E-state index contributed by atoms with van der Waals surface area (Å²) >= 11 is 0. The molecule has 168 valence electrons. The van der Waals surface area contributed by atoms with Crippen LogP contribution in [0.4, 0.5) is 4.79 Å². The zero-order valence-electron chi connectivity index (χ0n) is 19.4. The lowest BCUT2D eigenvalue weighted by atomic mass is 9.77. The largest absolute Gasteiger partial charge is 0.456 e. The van der Waals surface area contributed by atoms with Crippen molar-refractivity contribution in [2.24, 2.45) is 0 Å². The third-order valence-electron chi connectivity index (χ3n) is 5.21. The molecule has 2 heterocycles. The van der Waals surface area contributed by atoms with Gasteiger partial charge in [0.1, 0.15) is 11.2 Å². The molecule has 1 unspecified atom stereocenters. The van der Waals surface area contributed by atoms with Crippen molar-refractivity contribution in [1.29, 1.82) is 0 Å². The van der Waals surface area contributed by atoms with Crippen molar-refractivity contribution in [3.63, 3.8) is 0 Å². The van der Waals surface area contributed by atoms with Gasteiger partial charge in [-0.05, 0) is 54.0 Å². The number of alkyl carbamates (subject to hydrolysis) is 1. The number of aromatic nitrogens is 1. The Hall–Kier alpha value is -2.83. The van der Waals surface area contributed by atoms with E-state index >= 15 is 0 Å². The van der Waals surface area contributed by atoms with E-state index in [-0.39, 0.29) is 12.5 Å². The highest BCUT2D eigenvalue weighted by atomic mass is 16.6. The number of hydrogen-bond acceptors (Lipinski definition) is 5. The van der Waals surface area contributed by atoms with Crippen LogP contribution in [0.1, 0.15) is 82.2 Å². The average Bonchev–Trinajstić information content (AvgIpc) is 2.98. The summed E-state index contributed by atoms with van der Waals surface area (Å²) in [6.07, 6.45) is 0.270. The van der Waals surface area contributed by atoms with Crippen LogP contribution in [0.25, 0.3) is 10.9 Å². The Morgan fingerprint density at radius 3 is 2.29 bits per heavy atom. The minimum Gasteiger partial charge on any atom is -0.456 e. The maximum Gasteiger partial charge on any atom is 0.407 e. The molecule has 0 spiro atoms. The zero-order chi connectivity index (χ0) is 23.2. The summed E-state index contributed by atoms with van der Waals surface area (Å²) in [5.41, 5.74) is -0.328. The molecule has 2 aromatic rings. The molecule has 0 fully saturated rings. The highest BCUT2D eigenvalue weighted by Gasteiger charge is 2.43. The lowest BCUT2D eigenvalue weighted by molar-refractivity contribution is 0.00684. The summed E-state index contributed by atoms with van der Waals surface area (Å²) in [7, 11) is 0. The first-order chi connectivity index (χ1) is 14.2. The topological polar surface area (TPSA) is 86.6 Å². The number of amides is 1. The van der Waals surface area contributed by atoms with Gasteiger partial charge in [-0.2, -0.15) is 0 Å². The molecule has 7 nitrogen and oxygen atoms in total. The third-order valence-corrected chi connectivity index (χ3v) is 5.21. The number of nitrogens with one attached hydrogen (secondary N) is 1. The van der Waals surface area contributed by atoms with Crippen LogP contribution in [0.15, 0.2) is 24.3 Å². The van der Waals surface area contributed by atoms with E-state index in [4.69, 9.17) is 9.47 Å². The van der Waals surface area contributed by atoms with Crippen molar-refractivity contribution in [3.8, 4) is 0 Å². The molecular formula is C24H32N2O5. The number of benzene rings is 1. The second-order valence-corrected chi connectivity index (χ2v) is 10.4. The Bertz CT molecular complexity index is 1040. The normalized spacial score (nSPS) is 19.1. The molecule has 0 bridgehead atoms. The quantitative estimate of drug-likeness (QED) is 0.709. The number of hydrogen-bond donors (Lipinski definition) is 1. The second kappa shape index (κ2) is 7.70. The Kier molecular flexibility index (Phi) is 5.67. The first-order valence-electron chi connectivity index (χ1n) is 10.6. The first-order valence-corrected chi connectivity index (χ1v) is 10.6. The molecule has 1 aliphatic rings. The summed E-state index contributed by atoms with van der Waals surface area (Å²) in [4.78, 5) is 38.5. The van der Waals surface area contributed by atoms with Gasteiger partial charge in [0.2, 0.25) is 5.91 Å². The number of rotatable bonds is 3. The monoisotopic (exact) mass is 428 g/mol. The van der Waals surface area contributed by atoms with Crippen LogP contribution in [-0.2, 0) is 14.9 Å². The van der Waals surface area contributed by atoms with Gasteiger partial charge >= 0.3 is 12.1 Å². The van der Waals surface area contributed by atoms with Crippen molar-refractivity contribution in [1.82, 2.24) is 9.88 Å². The van der Waals surface area contributed by atoms with E-state index in [0.29, 0.717) is 35.0 Å². The van der Waals surface area contributed by atoms with E-state index in [1.807, 2.05) is 52.0 Å². The minimum atomic E-state index is -0.684. The van der Waals surface area contributed by atoms with E-state index in [2.05, 4.69) is 5.32 Å². The van der Waals surface area contributed by atoms with Crippen molar-refractivity contribution < 1.29 is 23.9 Å². The van der Waals surface area contributed by atoms with Gasteiger partial charge in [-0.1, -0.05) is 25.1 Å². The molecule has 31 heavy (non-hydrogen) atoms. The second-order valence-electron chi connectivity index (χ2n) is 10.4. The molecular weight excluding hydrogens is 396 g/mol. The van der Waals surface area contributed by atoms with Gasteiger partial charge in [-0.25, -0.2) is 9.59 Å². The van der Waals surface area contributed by atoms with Crippen molar-refractivity contribution >= 4 is 28.9 Å². The molecule has 7 heteroatoms. The molecule has 0 aliphatic carbocycles. The maximum absolute atomic E-state index is 13.3. The molecule has 1 aromatic heterocycles. The van der Waals surface area contributed by atoms with Crippen molar-refractivity contribution in [3.05, 3.63) is 35.5 Å². The van der Waals surface area contributed by atoms with Crippen LogP contribution in [0.5, 0.6) is 0 Å². The molecule has 3 rings (SSSR count). The Morgan fingerprint density at radius 2 is 1.68 bits per heavy atom. The predicted molar refractivity (Wildman–Crippen MR) is 119 cm³/mol. The summed E-state index contributed by atoms with van der Waals surface area (Å²) < 4.78 is 12.7. The molecule has 1 aromatic carbocycles. The summed E-state index contributed by atoms with van der Waals surface area (Å²) in [6, 6.07) is 7.34. The third kappa shape index (κ3) is 4.75. The van der Waals surface area contributed by atoms with Gasteiger partial charge in [0.05, 0.1) is 11.1 Å². The van der Waals surface area contributed by atoms with Crippen LogP contribution < -0.4 is 5.32 Å². The molecule has 1 N–H and O–H groups in total. The van der Waals surface area contributed by atoms with Gasteiger partial charge < -0.3 is 14.8 Å². The van der Waals surface area contributed by atoms with E-state index in [1.54, 1.807) is 25.3 Å². The summed E-state index contributed by atoms with van der Waals surface area (Å²) in [5, 5.41) is 3.50. The van der Waals surface area contributed by atoms with Crippen molar-refractivity contribution in [2.45, 2.75) is 77.9 Å². The molecule has 1 aliphatic heterocycles. The van der Waals surface area contributed by atoms with Crippen LogP contribution in [0, 0.1) is 0 Å². The standard InChI is InChI=1S/C24H32N2O5/c1-22(2,3)30-20(28)18-15-10-8-9-11-16(15)26-17(27)12-13-24(7,19(18)26)14-25-21(29)31-23(4,5)6/h8-11H,12-14H2,1-7H3,(H,25,29). The molecule has 0 saturated carbocycles. The van der Waals surface area contributed by atoms with Gasteiger partial charge in [0.15, 0.2) is 0 Å².